The van der Waals surface area contributed by atoms with Gasteiger partial charge in [-0.2, -0.15) is 8.78 Å². The molecule has 0 spiro atoms. The Labute approximate surface area is 142 Å². The highest BCUT2D eigenvalue weighted by atomic mass is 19.3. The van der Waals surface area contributed by atoms with E-state index in [0.717, 1.165) is 5.92 Å². The molecule has 0 amide bonds. The fourth-order valence-electron chi connectivity index (χ4n) is 3.92. The van der Waals surface area contributed by atoms with E-state index in [9.17, 15) is 13.6 Å². The lowest BCUT2D eigenvalue weighted by Crippen LogP contribution is -2.37. The normalized spacial score (nSPS) is 26.4. The number of carbonyl (C=O) groups is 1. The first-order valence-electron chi connectivity index (χ1n) is 9.12. The van der Waals surface area contributed by atoms with Gasteiger partial charge in [-0.25, -0.2) is 0 Å². The van der Waals surface area contributed by atoms with E-state index in [2.05, 4.69) is 6.92 Å². The molecule has 0 N–H and O–H groups in total. The summed E-state index contributed by atoms with van der Waals surface area (Å²) in [6.45, 7) is 2.29. The van der Waals surface area contributed by atoms with Crippen molar-refractivity contribution in [1.29, 1.82) is 0 Å². The van der Waals surface area contributed by atoms with Gasteiger partial charge in [0.15, 0.2) is 0 Å². The molecule has 1 aromatic carbocycles. The van der Waals surface area contributed by atoms with Gasteiger partial charge in [-0.1, -0.05) is 31.9 Å². The third-order valence-electron chi connectivity index (χ3n) is 5.64. The second-order valence-electron chi connectivity index (χ2n) is 7.50. The van der Waals surface area contributed by atoms with Gasteiger partial charge in [-0.05, 0) is 55.2 Å². The van der Waals surface area contributed by atoms with Crippen LogP contribution in [0.3, 0.4) is 0 Å². The van der Waals surface area contributed by atoms with E-state index >= 15 is 0 Å². The van der Waals surface area contributed by atoms with Crippen LogP contribution in [0.1, 0.15) is 69.8 Å². The zero-order valence-electron chi connectivity index (χ0n) is 14.3. The van der Waals surface area contributed by atoms with Crippen molar-refractivity contribution in [3.63, 3.8) is 0 Å². The van der Waals surface area contributed by atoms with Crippen LogP contribution in [-0.4, -0.2) is 11.9 Å². The summed E-state index contributed by atoms with van der Waals surface area (Å²) in [5.41, 5.74) is 1.22. The molecule has 0 bridgehead atoms. The minimum Gasteiger partial charge on any atom is -0.432 e. The largest absolute Gasteiger partial charge is 0.432 e. The van der Waals surface area contributed by atoms with Crippen LogP contribution in [0.2, 0.25) is 0 Å². The summed E-state index contributed by atoms with van der Waals surface area (Å²) in [5, 5.41) is 0. The summed E-state index contributed by atoms with van der Waals surface area (Å²) >= 11 is 0. The van der Waals surface area contributed by atoms with Gasteiger partial charge in [0.25, 0.3) is 0 Å². The third-order valence-corrected chi connectivity index (χ3v) is 5.64. The monoisotopic (exact) mass is 336 g/mol. The minimum absolute atomic E-state index is 0.0770. The van der Waals surface area contributed by atoms with Crippen LogP contribution >= 0.6 is 0 Å². The molecule has 0 unspecified atom stereocenters. The Morgan fingerprint density at radius 2 is 1.54 bits per heavy atom. The Hall–Kier alpha value is -1.45. The zero-order valence-corrected chi connectivity index (χ0v) is 14.3. The number of halogens is 2. The van der Waals surface area contributed by atoms with Gasteiger partial charge in [0.2, 0.25) is 0 Å². The van der Waals surface area contributed by atoms with Crippen molar-refractivity contribution < 1.29 is 18.3 Å². The molecule has 0 radical (unpaired) electrons. The number of hydrogen-bond donors (Lipinski definition) is 0. The molecule has 2 nitrogen and oxygen atoms in total. The molecule has 3 rings (SSSR count). The highest BCUT2D eigenvalue weighted by molar-refractivity contribution is 5.79. The molecule has 2 fully saturated rings. The van der Waals surface area contributed by atoms with Gasteiger partial charge in [-0.3, -0.25) is 4.79 Å². The van der Waals surface area contributed by atoms with E-state index in [1.54, 1.807) is 12.1 Å². The molecule has 0 heterocycles. The van der Waals surface area contributed by atoms with Crippen LogP contribution < -0.4 is 4.74 Å². The standard InChI is InChI=1S/C20H26F2O2/c1-14-2-4-15(5-3-14)16-6-12-19(13-7-16)24-20(21,22)17-8-10-18(23)11-9-17/h6-7,12-15,17H,2-5,8-11H2,1H3. The second kappa shape index (κ2) is 7.20. The molecule has 4 heteroatoms. The molecule has 24 heavy (non-hydrogen) atoms. The Morgan fingerprint density at radius 1 is 0.958 bits per heavy atom. The van der Waals surface area contributed by atoms with Crippen LogP contribution in [0.5, 0.6) is 5.75 Å². The Bertz CT molecular complexity index is 550. The Morgan fingerprint density at radius 3 is 2.12 bits per heavy atom. The average molecular weight is 336 g/mol. The van der Waals surface area contributed by atoms with Gasteiger partial charge in [0.1, 0.15) is 11.5 Å². The fraction of sp³-hybridized carbons (Fsp3) is 0.650. The van der Waals surface area contributed by atoms with Crippen molar-refractivity contribution in [1.82, 2.24) is 0 Å². The van der Waals surface area contributed by atoms with Crippen molar-refractivity contribution in [2.75, 3.05) is 0 Å². The molecule has 132 valence electrons. The summed E-state index contributed by atoms with van der Waals surface area (Å²) in [5.74, 6) is 0.762. The number of carbonyl (C=O) groups excluding carboxylic acids is 1. The maximum atomic E-state index is 14.3. The number of ketones is 1. The third kappa shape index (κ3) is 4.14. The smallest absolute Gasteiger partial charge is 0.400 e. The summed E-state index contributed by atoms with van der Waals surface area (Å²) < 4.78 is 33.6. The predicted molar refractivity (Wildman–Crippen MR) is 89.4 cm³/mol. The summed E-state index contributed by atoms with van der Waals surface area (Å²) in [6.07, 6.45) is 2.52. The van der Waals surface area contributed by atoms with E-state index in [1.165, 1.54) is 31.2 Å². The van der Waals surface area contributed by atoms with Crippen LogP contribution in [0, 0.1) is 11.8 Å². The van der Waals surface area contributed by atoms with Crippen LogP contribution in [0.15, 0.2) is 24.3 Å². The van der Waals surface area contributed by atoms with Crippen LogP contribution in [0.4, 0.5) is 8.78 Å². The number of rotatable bonds is 4. The SMILES string of the molecule is CC1CCC(c2ccc(OC(F)(F)C3CCC(=O)CC3)cc2)CC1. The second-order valence-corrected chi connectivity index (χ2v) is 7.50. The molecular weight excluding hydrogens is 310 g/mol. The van der Waals surface area contributed by atoms with Crippen molar-refractivity contribution in [3.05, 3.63) is 29.8 Å². The fourth-order valence-corrected chi connectivity index (χ4v) is 3.92. The number of benzene rings is 1. The quantitative estimate of drug-likeness (QED) is 0.704. The van der Waals surface area contributed by atoms with Crippen LogP contribution in [-0.2, 0) is 4.79 Å². The molecule has 2 aliphatic rings. The van der Waals surface area contributed by atoms with E-state index < -0.39 is 12.0 Å². The lowest BCUT2D eigenvalue weighted by Gasteiger charge is -2.29. The first-order chi connectivity index (χ1) is 11.4. The molecular formula is C20H26F2O2. The molecule has 0 aliphatic heterocycles. The number of ether oxygens (including phenoxy) is 1. The van der Waals surface area contributed by atoms with Crippen molar-refractivity contribution in [3.8, 4) is 5.75 Å². The molecule has 0 atom stereocenters. The van der Waals surface area contributed by atoms with Crippen molar-refractivity contribution in [2.24, 2.45) is 11.8 Å². The lowest BCUT2D eigenvalue weighted by molar-refractivity contribution is -0.221. The molecule has 1 aromatic rings. The molecule has 0 aromatic heterocycles. The minimum atomic E-state index is -3.21. The summed E-state index contributed by atoms with van der Waals surface area (Å²) in [6, 6.07) is 7.18. The van der Waals surface area contributed by atoms with Crippen LogP contribution in [0.25, 0.3) is 0 Å². The maximum absolute atomic E-state index is 14.3. The summed E-state index contributed by atoms with van der Waals surface area (Å²) in [4.78, 5) is 11.2. The topological polar surface area (TPSA) is 26.3 Å². The molecule has 2 saturated carbocycles. The van der Waals surface area contributed by atoms with E-state index in [4.69, 9.17) is 4.74 Å². The Balaban J connectivity index is 1.60. The highest BCUT2D eigenvalue weighted by Crippen LogP contribution is 2.39. The van der Waals surface area contributed by atoms with E-state index in [-0.39, 0.29) is 37.2 Å². The van der Waals surface area contributed by atoms with E-state index in [1.807, 2.05) is 12.1 Å². The molecule has 0 saturated heterocycles. The number of alkyl halides is 2. The van der Waals surface area contributed by atoms with Gasteiger partial charge in [-0.15, -0.1) is 0 Å². The highest BCUT2D eigenvalue weighted by Gasteiger charge is 2.43. The first kappa shape index (κ1) is 17.4. The predicted octanol–water partition coefficient (Wildman–Crippen LogP) is 5.71. The van der Waals surface area contributed by atoms with Gasteiger partial charge in [0.05, 0.1) is 5.92 Å². The lowest BCUT2D eigenvalue weighted by atomic mass is 9.79. The Kier molecular flexibility index (Phi) is 5.21. The van der Waals surface area contributed by atoms with Gasteiger partial charge in [0, 0.05) is 12.8 Å². The number of hydrogen-bond acceptors (Lipinski definition) is 2. The number of Topliss-reactive ketones (excluding diaryl/α,β-unsaturated/α-hetero) is 1. The average Bonchev–Trinajstić information content (AvgIpc) is 2.56. The zero-order chi connectivity index (χ0) is 17.2. The summed E-state index contributed by atoms with van der Waals surface area (Å²) in [7, 11) is 0. The maximum Gasteiger partial charge on any atom is 0.400 e. The van der Waals surface area contributed by atoms with Crippen molar-refractivity contribution in [2.45, 2.75) is 70.3 Å². The van der Waals surface area contributed by atoms with Gasteiger partial charge < -0.3 is 4.74 Å². The first-order valence-corrected chi connectivity index (χ1v) is 9.12. The molecule has 2 aliphatic carbocycles. The van der Waals surface area contributed by atoms with Crippen molar-refractivity contribution >= 4 is 5.78 Å². The van der Waals surface area contributed by atoms with Gasteiger partial charge >= 0.3 is 6.11 Å². The van der Waals surface area contributed by atoms with E-state index in [0.29, 0.717) is 5.92 Å².